The molecule has 5 atom stereocenters. The molecule has 2 saturated heterocycles. The fraction of sp³-hybridized carbons (Fsp3) is 0.536. The van der Waals surface area contributed by atoms with Crippen LogP contribution >= 0.6 is 11.8 Å². The number of amides is 2. The lowest BCUT2D eigenvalue weighted by Crippen LogP contribution is -2.53. The monoisotopic (exact) mass is 551 g/mol. The van der Waals surface area contributed by atoms with Gasteiger partial charge in [0.1, 0.15) is 18.2 Å². The Labute approximate surface area is 231 Å². The van der Waals surface area contributed by atoms with Crippen molar-refractivity contribution in [3.05, 3.63) is 48.6 Å². The topological polar surface area (TPSA) is 118 Å². The Bertz CT molecular complexity index is 1360. The Morgan fingerprint density at radius 3 is 2.77 bits per heavy atom. The number of thioether (sulfide) groups is 1. The number of benzene rings is 1. The first-order chi connectivity index (χ1) is 18.9. The fourth-order valence-corrected chi connectivity index (χ4v) is 8.81. The highest BCUT2D eigenvalue weighted by molar-refractivity contribution is 8.02. The van der Waals surface area contributed by atoms with Crippen molar-refractivity contribution in [3.8, 4) is 0 Å². The second kappa shape index (κ2) is 10.1. The molecule has 2 amide bonds. The Kier molecular flexibility index (Phi) is 6.74. The number of hydrogen-bond donors (Lipinski definition) is 1. The molecule has 10 nitrogen and oxygen atoms in total. The van der Waals surface area contributed by atoms with Gasteiger partial charge < -0.3 is 19.6 Å². The molecule has 2 fully saturated rings. The van der Waals surface area contributed by atoms with E-state index in [1.165, 1.54) is 0 Å². The highest BCUT2D eigenvalue weighted by atomic mass is 32.2. The average Bonchev–Trinajstić information content (AvgIpc) is 3.47. The number of fused-ring (bicyclic) bond motifs is 3. The molecule has 6 rings (SSSR count). The Balaban J connectivity index is 1.39. The molecular weight excluding hydrogens is 518 g/mol. The van der Waals surface area contributed by atoms with Gasteiger partial charge in [-0.05, 0) is 44.7 Å². The van der Waals surface area contributed by atoms with Gasteiger partial charge in [-0.1, -0.05) is 41.7 Å². The minimum Gasteiger partial charge on any atom is -0.465 e. The number of unbranched alkanes of at least 4 members (excludes halogenated alkanes) is 2. The summed E-state index contributed by atoms with van der Waals surface area (Å²) in [5.74, 6) is -2.12. The molecule has 206 valence electrons. The van der Waals surface area contributed by atoms with Crippen molar-refractivity contribution < 1.29 is 24.2 Å². The fourth-order valence-electron chi connectivity index (χ4n) is 6.66. The van der Waals surface area contributed by atoms with Crippen LogP contribution < -0.4 is 0 Å². The molecule has 1 aromatic heterocycles. The highest BCUT2D eigenvalue weighted by Gasteiger charge is 2.73. The maximum atomic E-state index is 14.4. The Morgan fingerprint density at radius 2 is 1.92 bits per heavy atom. The number of carbonyl (C=O) groups excluding carboxylic acids is 3. The lowest BCUT2D eigenvalue weighted by molar-refractivity contribution is -0.154. The summed E-state index contributed by atoms with van der Waals surface area (Å²) in [7, 11) is 0. The van der Waals surface area contributed by atoms with E-state index in [1.54, 1.807) is 26.2 Å². The van der Waals surface area contributed by atoms with Gasteiger partial charge in [-0.15, -0.1) is 16.9 Å². The van der Waals surface area contributed by atoms with Crippen molar-refractivity contribution in [3.63, 3.8) is 0 Å². The molecule has 2 aromatic rings. The molecule has 0 radical (unpaired) electrons. The first-order valence-electron chi connectivity index (χ1n) is 13.6. The lowest BCUT2D eigenvalue weighted by Gasteiger charge is -2.37. The molecule has 1 unspecified atom stereocenters. The molecule has 0 saturated carbocycles. The summed E-state index contributed by atoms with van der Waals surface area (Å²) in [6.07, 6.45) is 10.7. The number of cyclic esters (lactones) is 1. The largest absolute Gasteiger partial charge is 0.465 e. The van der Waals surface area contributed by atoms with Crippen molar-refractivity contribution in [2.45, 2.75) is 54.8 Å². The van der Waals surface area contributed by atoms with Gasteiger partial charge in [-0.3, -0.25) is 14.4 Å². The van der Waals surface area contributed by atoms with Gasteiger partial charge in [0, 0.05) is 24.4 Å². The van der Waals surface area contributed by atoms with Crippen LogP contribution in [0.4, 0.5) is 0 Å². The zero-order valence-corrected chi connectivity index (χ0v) is 22.8. The third kappa shape index (κ3) is 4.17. The third-order valence-corrected chi connectivity index (χ3v) is 10.2. The number of nitrogens with zero attached hydrogens (tertiary/aromatic N) is 5. The van der Waals surface area contributed by atoms with E-state index in [1.807, 2.05) is 55.5 Å². The summed E-state index contributed by atoms with van der Waals surface area (Å²) in [4.78, 5) is 45.4. The zero-order valence-electron chi connectivity index (χ0n) is 21.9. The van der Waals surface area contributed by atoms with E-state index < -0.39 is 27.4 Å². The van der Waals surface area contributed by atoms with Crippen LogP contribution in [-0.4, -0.2) is 89.5 Å². The molecule has 11 heteroatoms. The molecule has 1 aromatic carbocycles. The van der Waals surface area contributed by atoms with Gasteiger partial charge in [0.2, 0.25) is 11.8 Å². The quantitative estimate of drug-likeness (QED) is 0.316. The zero-order chi connectivity index (χ0) is 27.2. The second-order valence-corrected chi connectivity index (χ2v) is 12.6. The van der Waals surface area contributed by atoms with Gasteiger partial charge in [-0.25, -0.2) is 4.68 Å². The minimum absolute atomic E-state index is 0.0830. The molecule has 4 aliphatic rings. The summed E-state index contributed by atoms with van der Waals surface area (Å²) in [5, 5.41) is 17.8. The van der Waals surface area contributed by atoms with Crippen LogP contribution in [0.3, 0.4) is 0 Å². The van der Waals surface area contributed by atoms with Crippen molar-refractivity contribution in [1.29, 1.82) is 0 Å². The molecule has 1 spiro atoms. The summed E-state index contributed by atoms with van der Waals surface area (Å²) < 4.78 is 5.71. The number of esters is 1. The third-order valence-electron chi connectivity index (χ3n) is 8.39. The molecule has 4 aliphatic heterocycles. The van der Waals surface area contributed by atoms with E-state index in [0.717, 1.165) is 17.5 Å². The van der Waals surface area contributed by atoms with Crippen LogP contribution in [-0.2, 0) is 25.8 Å². The molecule has 1 N–H and O–H groups in total. The van der Waals surface area contributed by atoms with Crippen LogP contribution in [0.2, 0.25) is 0 Å². The maximum absolute atomic E-state index is 14.4. The summed E-state index contributed by atoms with van der Waals surface area (Å²) in [6.45, 7) is 3.28. The number of aliphatic hydroxyl groups excluding tert-OH is 1. The SMILES string of the molecule is C[C@]12C=CCCOC(=O)[C@H]1[C@H]1C(=O)N(CCCCCO)C3C(=O)N(Cn4nnc5ccccc54)CC=C[C@@]31S2. The number of para-hydroxylation sites is 1. The number of hydrogen-bond acceptors (Lipinski definition) is 8. The number of carbonyl (C=O) groups is 3. The predicted octanol–water partition coefficient (Wildman–Crippen LogP) is 2.14. The van der Waals surface area contributed by atoms with Crippen LogP contribution in [0.5, 0.6) is 0 Å². The predicted molar refractivity (Wildman–Crippen MR) is 145 cm³/mol. The van der Waals surface area contributed by atoms with E-state index in [4.69, 9.17) is 4.74 Å². The lowest BCUT2D eigenvalue weighted by atomic mass is 9.74. The highest BCUT2D eigenvalue weighted by Crippen LogP contribution is 2.65. The van der Waals surface area contributed by atoms with E-state index in [0.29, 0.717) is 32.4 Å². The van der Waals surface area contributed by atoms with Crippen molar-refractivity contribution >= 4 is 40.6 Å². The van der Waals surface area contributed by atoms with Crippen molar-refractivity contribution in [2.24, 2.45) is 11.8 Å². The Morgan fingerprint density at radius 1 is 1.08 bits per heavy atom. The molecule has 39 heavy (non-hydrogen) atoms. The number of aliphatic hydroxyl groups is 1. The molecular formula is C28H33N5O5S. The standard InChI is InChI=1S/C28H33N5O5S/c1-27-12-5-8-17-38-26(37)22(27)21-24(35)32(15-6-2-7-16-34)23-25(36)31(14-9-13-28(21,23)39-27)18-33-20-11-4-3-10-19(20)29-30-33/h3-5,9-13,21-23,34H,2,6-8,14-18H2,1H3/t21-,22+,23?,27-,28-/m0/s1. The molecule has 0 bridgehead atoms. The van der Waals surface area contributed by atoms with E-state index in [9.17, 15) is 19.5 Å². The number of rotatable bonds is 7. The normalized spacial score (nSPS) is 32.1. The van der Waals surface area contributed by atoms with Crippen LogP contribution in [0.1, 0.15) is 32.6 Å². The van der Waals surface area contributed by atoms with Gasteiger partial charge in [0.15, 0.2) is 0 Å². The molecule has 0 aliphatic carbocycles. The van der Waals surface area contributed by atoms with E-state index in [2.05, 4.69) is 10.3 Å². The van der Waals surface area contributed by atoms with Gasteiger partial charge >= 0.3 is 5.97 Å². The smallest absolute Gasteiger partial charge is 0.311 e. The van der Waals surface area contributed by atoms with Gasteiger partial charge in [0.25, 0.3) is 0 Å². The maximum Gasteiger partial charge on any atom is 0.311 e. The van der Waals surface area contributed by atoms with Crippen molar-refractivity contribution in [1.82, 2.24) is 24.8 Å². The number of aromatic nitrogens is 3. The average molecular weight is 552 g/mol. The Hall–Kier alpha value is -3.18. The minimum atomic E-state index is -0.905. The van der Waals surface area contributed by atoms with Gasteiger partial charge in [0.05, 0.1) is 28.7 Å². The van der Waals surface area contributed by atoms with Crippen molar-refractivity contribution in [2.75, 3.05) is 26.3 Å². The first kappa shape index (κ1) is 26.1. The first-order valence-corrected chi connectivity index (χ1v) is 14.4. The van der Waals surface area contributed by atoms with Crippen LogP contribution in [0, 0.1) is 11.8 Å². The van der Waals surface area contributed by atoms with Gasteiger partial charge in [-0.2, -0.15) is 0 Å². The second-order valence-electron chi connectivity index (χ2n) is 10.9. The van der Waals surface area contributed by atoms with Crippen LogP contribution in [0.15, 0.2) is 48.6 Å². The molecule has 5 heterocycles. The summed E-state index contributed by atoms with van der Waals surface area (Å²) >= 11 is 1.55. The van der Waals surface area contributed by atoms with E-state index in [-0.39, 0.29) is 37.7 Å². The van der Waals surface area contributed by atoms with E-state index >= 15 is 0 Å². The number of ether oxygens (including phenoxy) is 1. The number of likely N-dealkylation sites (tertiary alicyclic amines) is 1. The summed E-state index contributed by atoms with van der Waals surface area (Å²) in [6, 6.07) is 6.83. The van der Waals surface area contributed by atoms with Crippen LogP contribution in [0.25, 0.3) is 11.0 Å². The summed E-state index contributed by atoms with van der Waals surface area (Å²) in [5.41, 5.74) is 1.57.